The summed E-state index contributed by atoms with van der Waals surface area (Å²) < 4.78 is 0. The van der Waals surface area contributed by atoms with E-state index in [-0.39, 0.29) is 24.4 Å². The van der Waals surface area contributed by atoms with E-state index in [0.717, 1.165) is 25.1 Å². The van der Waals surface area contributed by atoms with Crippen LogP contribution in [0.5, 0.6) is 0 Å². The van der Waals surface area contributed by atoms with Crippen LogP contribution < -0.4 is 5.32 Å². The van der Waals surface area contributed by atoms with Crippen molar-refractivity contribution >= 4 is 23.6 Å². The van der Waals surface area contributed by atoms with Gasteiger partial charge >= 0.3 is 0 Å². The first kappa shape index (κ1) is 14.2. The number of hydrogen-bond donors (Lipinski definition) is 1. The SMILES string of the molecule is O=C1CN(CC2CCSC2)C(=O)C(C2CCCCC2)N1. The lowest BCUT2D eigenvalue weighted by atomic mass is 9.82. The minimum Gasteiger partial charge on any atom is -0.342 e. The fraction of sp³-hybridized carbons (Fsp3) is 0.867. The van der Waals surface area contributed by atoms with E-state index < -0.39 is 0 Å². The summed E-state index contributed by atoms with van der Waals surface area (Å²) >= 11 is 1.96. The molecule has 2 saturated heterocycles. The molecule has 2 atom stereocenters. The molecule has 0 aromatic heterocycles. The van der Waals surface area contributed by atoms with Crippen LogP contribution in [-0.2, 0) is 9.59 Å². The molecular formula is C15H24N2O2S. The van der Waals surface area contributed by atoms with E-state index >= 15 is 0 Å². The van der Waals surface area contributed by atoms with Gasteiger partial charge in [0, 0.05) is 6.54 Å². The summed E-state index contributed by atoms with van der Waals surface area (Å²) in [5.41, 5.74) is 0. The number of amides is 2. The minimum absolute atomic E-state index is 0.0332. The second kappa shape index (κ2) is 6.37. The van der Waals surface area contributed by atoms with Crippen molar-refractivity contribution in [2.45, 2.75) is 44.6 Å². The number of carbonyl (C=O) groups is 2. The maximum Gasteiger partial charge on any atom is 0.245 e. The van der Waals surface area contributed by atoms with Gasteiger partial charge in [-0.2, -0.15) is 11.8 Å². The maximum absolute atomic E-state index is 12.7. The Hall–Kier alpha value is -0.710. The molecule has 0 aromatic rings. The molecule has 1 aliphatic carbocycles. The fourth-order valence-electron chi connectivity index (χ4n) is 3.71. The average molecular weight is 296 g/mol. The number of nitrogens with one attached hydrogen (secondary N) is 1. The van der Waals surface area contributed by atoms with Gasteiger partial charge < -0.3 is 10.2 Å². The first-order valence-corrected chi connectivity index (χ1v) is 9.05. The van der Waals surface area contributed by atoms with Crippen molar-refractivity contribution in [2.75, 3.05) is 24.6 Å². The van der Waals surface area contributed by atoms with Gasteiger partial charge in [0.25, 0.3) is 0 Å². The normalized spacial score (nSPS) is 32.5. The Morgan fingerprint density at radius 1 is 1.15 bits per heavy atom. The van der Waals surface area contributed by atoms with Crippen LogP contribution in [0.25, 0.3) is 0 Å². The summed E-state index contributed by atoms with van der Waals surface area (Å²) in [7, 11) is 0. The Labute approximate surface area is 125 Å². The van der Waals surface area contributed by atoms with E-state index in [0.29, 0.717) is 11.8 Å². The fourth-order valence-corrected chi connectivity index (χ4v) is 4.98. The Bertz CT molecular complexity index is 376. The third kappa shape index (κ3) is 3.13. The Balaban J connectivity index is 1.64. The van der Waals surface area contributed by atoms with Crippen LogP contribution in [0, 0.1) is 11.8 Å². The van der Waals surface area contributed by atoms with Gasteiger partial charge in [0.15, 0.2) is 0 Å². The number of hydrogen-bond acceptors (Lipinski definition) is 3. The summed E-state index contributed by atoms with van der Waals surface area (Å²) in [4.78, 5) is 26.4. The molecule has 20 heavy (non-hydrogen) atoms. The highest BCUT2D eigenvalue weighted by Crippen LogP contribution is 2.29. The van der Waals surface area contributed by atoms with Crippen LogP contribution in [-0.4, -0.2) is 47.4 Å². The summed E-state index contributed by atoms with van der Waals surface area (Å²) in [6.45, 7) is 1.05. The molecule has 2 amide bonds. The van der Waals surface area contributed by atoms with Crippen LogP contribution in [0.2, 0.25) is 0 Å². The number of carbonyl (C=O) groups excluding carboxylic acids is 2. The Morgan fingerprint density at radius 2 is 1.95 bits per heavy atom. The highest BCUT2D eigenvalue weighted by Gasteiger charge is 2.38. The van der Waals surface area contributed by atoms with Crippen molar-refractivity contribution in [2.24, 2.45) is 11.8 Å². The van der Waals surface area contributed by atoms with E-state index in [9.17, 15) is 9.59 Å². The highest BCUT2D eigenvalue weighted by atomic mass is 32.2. The molecule has 5 heteroatoms. The van der Waals surface area contributed by atoms with Crippen LogP contribution in [0.1, 0.15) is 38.5 Å². The molecular weight excluding hydrogens is 272 g/mol. The molecule has 0 spiro atoms. The van der Waals surface area contributed by atoms with Gasteiger partial charge in [0.2, 0.25) is 11.8 Å². The van der Waals surface area contributed by atoms with Gasteiger partial charge in [0.05, 0.1) is 6.54 Å². The molecule has 1 saturated carbocycles. The molecule has 3 fully saturated rings. The first-order valence-electron chi connectivity index (χ1n) is 7.90. The zero-order valence-electron chi connectivity index (χ0n) is 12.0. The largest absolute Gasteiger partial charge is 0.342 e. The van der Waals surface area contributed by atoms with E-state index in [4.69, 9.17) is 0 Å². The van der Waals surface area contributed by atoms with E-state index in [1.54, 1.807) is 0 Å². The lowest BCUT2D eigenvalue weighted by Gasteiger charge is -2.38. The number of nitrogens with zero attached hydrogens (tertiary/aromatic N) is 1. The average Bonchev–Trinajstić information content (AvgIpc) is 2.96. The molecule has 3 aliphatic rings. The van der Waals surface area contributed by atoms with Gasteiger partial charge in [-0.05, 0) is 42.6 Å². The van der Waals surface area contributed by atoms with Crippen molar-refractivity contribution in [1.29, 1.82) is 0 Å². The molecule has 0 bridgehead atoms. The van der Waals surface area contributed by atoms with E-state index in [1.807, 2.05) is 16.7 Å². The van der Waals surface area contributed by atoms with E-state index in [1.165, 1.54) is 31.4 Å². The topological polar surface area (TPSA) is 49.4 Å². The number of rotatable bonds is 3. The standard InChI is InChI=1S/C15H24N2O2S/c18-13-9-17(8-11-6-7-20-10-11)15(19)14(16-13)12-4-2-1-3-5-12/h11-12,14H,1-10H2,(H,16,18). The van der Waals surface area contributed by atoms with E-state index in [2.05, 4.69) is 5.32 Å². The van der Waals surface area contributed by atoms with Crippen LogP contribution >= 0.6 is 11.8 Å². The van der Waals surface area contributed by atoms with Gasteiger partial charge in [-0.15, -0.1) is 0 Å². The predicted octanol–water partition coefficient (Wildman–Crippen LogP) is 1.65. The minimum atomic E-state index is -0.245. The van der Waals surface area contributed by atoms with Gasteiger partial charge in [-0.25, -0.2) is 0 Å². The highest BCUT2D eigenvalue weighted by molar-refractivity contribution is 7.99. The number of thioether (sulfide) groups is 1. The molecule has 4 nitrogen and oxygen atoms in total. The molecule has 0 radical (unpaired) electrons. The van der Waals surface area contributed by atoms with Gasteiger partial charge in [0.1, 0.15) is 6.04 Å². The smallest absolute Gasteiger partial charge is 0.245 e. The molecule has 2 heterocycles. The summed E-state index contributed by atoms with van der Waals surface area (Å²) in [6, 6.07) is -0.245. The summed E-state index contributed by atoms with van der Waals surface area (Å²) in [5.74, 6) is 3.49. The van der Waals surface area contributed by atoms with Crippen molar-refractivity contribution in [3.8, 4) is 0 Å². The van der Waals surface area contributed by atoms with Crippen LogP contribution in [0.15, 0.2) is 0 Å². The molecule has 1 N–H and O–H groups in total. The zero-order valence-corrected chi connectivity index (χ0v) is 12.8. The molecule has 2 aliphatic heterocycles. The van der Waals surface area contributed by atoms with Crippen LogP contribution in [0.3, 0.4) is 0 Å². The Kier molecular flexibility index (Phi) is 4.54. The molecule has 3 rings (SSSR count). The second-order valence-electron chi connectivity index (χ2n) is 6.39. The van der Waals surface area contributed by atoms with Gasteiger partial charge in [-0.1, -0.05) is 19.3 Å². The lowest BCUT2D eigenvalue weighted by Crippen LogP contribution is -2.61. The van der Waals surface area contributed by atoms with Crippen molar-refractivity contribution in [3.63, 3.8) is 0 Å². The molecule has 0 aromatic carbocycles. The predicted molar refractivity (Wildman–Crippen MR) is 80.5 cm³/mol. The quantitative estimate of drug-likeness (QED) is 0.861. The monoisotopic (exact) mass is 296 g/mol. The van der Waals surface area contributed by atoms with Crippen molar-refractivity contribution < 1.29 is 9.59 Å². The van der Waals surface area contributed by atoms with Crippen molar-refractivity contribution in [3.05, 3.63) is 0 Å². The number of piperazine rings is 1. The van der Waals surface area contributed by atoms with Crippen molar-refractivity contribution in [1.82, 2.24) is 10.2 Å². The molecule has 2 unspecified atom stereocenters. The summed E-state index contributed by atoms with van der Waals surface area (Å²) in [6.07, 6.45) is 7.03. The van der Waals surface area contributed by atoms with Crippen LogP contribution in [0.4, 0.5) is 0 Å². The third-order valence-electron chi connectivity index (χ3n) is 4.85. The third-order valence-corrected chi connectivity index (χ3v) is 6.08. The summed E-state index contributed by atoms with van der Waals surface area (Å²) in [5, 5.41) is 2.96. The lowest BCUT2D eigenvalue weighted by molar-refractivity contribution is -0.146. The Morgan fingerprint density at radius 3 is 2.65 bits per heavy atom. The molecule has 112 valence electrons. The second-order valence-corrected chi connectivity index (χ2v) is 7.54. The van der Waals surface area contributed by atoms with Gasteiger partial charge in [-0.3, -0.25) is 9.59 Å². The maximum atomic E-state index is 12.7. The first-order chi connectivity index (χ1) is 9.74. The zero-order chi connectivity index (χ0) is 13.9.